The minimum atomic E-state index is -0.164. The van der Waals surface area contributed by atoms with E-state index in [0.717, 1.165) is 17.1 Å². The third-order valence-electron chi connectivity index (χ3n) is 13.7. The van der Waals surface area contributed by atoms with E-state index >= 15 is 0 Å². The van der Waals surface area contributed by atoms with Gasteiger partial charge in [-0.05, 0) is 130 Å². The Morgan fingerprint density at radius 2 is 0.828 bits per heavy atom. The zero-order valence-electron chi connectivity index (χ0n) is 36.0. The summed E-state index contributed by atoms with van der Waals surface area (Å²) in [6, 6.07) is 87.4. The fourth-order valence-corrected chi connectivity index (χ4v) is 10.6. The van der Waals surface area contributed by atoms with Gasteiger partial charge in [0.05, 0.1) is 5.69 Å². The van der Waals surface area contributed by atoms with Crippen LogP contribution < -0.4 is 4.90 Å². The van der Waals surface area contributed by atoms with E-state index in [0.29, 0.717) is 0 Å². The molecule has 0 bridgehead atoms. The normalized spacial score (nSPS) is 12.7. The van der Waals surface area contributed by atoms with Gasteiger partial charge in [-0.2, -0.15) is 0 Å². The number of rotatable bonds is 7. The number of hydrogen-bond acceptors (Lipinski definition) is 1. The summed E-state index contributed by atoms with van der Waals surface area (Å²) < 4.78 is 0. The minimum Gasteiger partial charge on any atom is -0.310 e. The molecule has 0 amide bonds. The largest absolute Gasteiger partial charge is 0.310 e. The fraction of sp³-hybridized carbons (Fsp3) is 0.0476. The van der Waals surface area contributed by atoms with Gasteiger partial charge in [-0.25, -0.2) is 0 Å². The summed E-state index contributed by atoms with van der Waals surface area (Å²) in [6.07, 6.45) is 0. The lowest BCUT2D eigenvalue weighted by Crippen LogP contribution is -2.17. The van der Waals surface area contributed by atoms with E-state index in [2.05, 4.69) is 255 Å². The van der Waals surface area contributed by atoms with E-state index in [1.165, 1.54) is 99.1 Å². The van der Waals surface area contributed by atoms with Gasteiger partial charge in [0.25, 0.3) is 0 Å². The molecule has 1 heteroatoms. The molecule has 11 aromatic rings. The van der Waals surface area contributed by atoms with Crippen LogP contribution in [0, 0.1) is 0 Å². The first-order valence-corrected chi connectivity index (χ1v) is 22.3. The number of fused-ring (bicyclic) bond motifs is 7. The molecule has 0 radical (unpaired) electrons. The molecular formula is C63H45N. The number of nitrogens with zero attached hydrogens (tertiary/aromatic N) is 1. The van der Waals surface area contributed by atoms with E-state index in [1.807, 2.05) is 0 Å². The van der Waals surface area contributed by atoms with Crippen LogP contribution in [-0.2, 0) is 5.41 Å². The Labute approximate surface area is 375 Å². The van der Waals surface area contributed by atoms with Gasteiger partial charge < -0.3 is 4.90 Å². The van der Waals surface area contributed by atoms with Crippen molar-refractivity contribution >= 4 is 49.4 Å². The third-order valence-corrected chi connectivity index (χ3v) is 13.7. The van der Waals surface area contributed by atoms with Crippen LogP contribution in [0.4, 0.5) is 17.1 Å². The van der Waals surface area contributed by atoms with Crippen molar-refractivity contribution in [2.75, 3.05) is 4.90 Å². The second kappa shape index (κ2) is 15.1. The quantitative estimate of drug-likeness (QED) is 0.145. The second-order valence-corrected chi connectivity index (χ2v) is 17.6. The highest BCUT2D eigenvalue weighted by Crippen LogP contribution is 2.53. The highest BCUT2D eigenvalue weighted by atomic mass is 15.1. The molecule has 0 saturated heterocycles. The van der Waals surface area contributed by atoms with Crippen molar-refractivity contribution in [1.82, 2.24) is 0 Å². The van der Waals surface area contributed by atoms with Gasteiger partial charge in [0.1, 0.15) is 0 Å². The molecule has 302 valence electrons. The molecule has 0 heterocycles. The minimum absolute atomic E-state index is 0.164. The van der Waals surface area contributed by atoms with Gasteiger partial charge in [0, 0.05) is 22.4 Å². The Bertz CT molecular complexity index is 3570. The lowest BCUT2D eigenvalue weighted by molar-refractivity contribution is 0.660. The Balaban J connectivity index is 1.14. The van der Waals surface area contributed by atoms with E-state index in [-0.39, 0.29) is 5.41 Å². The molecule has 12 rings (SSSR count). The molecule has 0 atom stereocenters. The van der Waals surface area contributed by atoms with Crippen molar-refractivity contribution in [2.45, 2.75) is 19.3 Å². The van der Waals surface area contributed by atoms with Gasteiger partial charge >= 0.3 is 0 Å². The molecule has 0 fully saturated rings. The molecule has 1 aliphatic rings. The number of anilines is 3. The van der Waals surface area contributed by atoms with Gasteiger partial charge in [-0.1, -0.05) is 214 Å². The lowest BCUT2D eigenvalue weighted by Gasteiger charge is -2.31. The van der Waals surface area contributed by atoms with Crippen molar-refractivity contribution in [1.29, 1.82) is 0 Å². The average molecular weight is 816 g/mol. The first kappa shape index (κ1) is 37.7. The summed E-state index contributed by atoms with van der Waals surface area (Å²) in [7, 11) is 0. The first-order valence-electron chi connectivity index (χ1n) is 22.3. The van der Waals surface area contributed by atoms with Crippen LogP contribution in [0.15, 0.2) is 237 Å². The van der Waals surface area contributed by atoms with Crippen LogP contribution in [0.1, 0.15) is 25.0 Å². The maximum Gasteiger partial charge on any atom is 0.0546 e. The molecule has 11 aromatic carbocycles. The predicted octanol–water partition coefficient (Wildman–Crippen LogP) is 17.6. The number of benzene rings is 11. The highest BCUT2D eigenvalue weighted by Gasteiger charge is 2.36. The van der Waals surface area contributed by atoms with Gasteiger partial charge in [0.2, 0.25) is 0 Å². The fourth-order valence-electron chi connectivity index (χ4n) is 10.6. The van der Waals surface area contributed by atoms with Crippen LogP contribution in [0.2, 0.25) is 0 Å². The van der Waals surface area contributed by atoms with Crippen LogP contribution in [0.5, 0.6) is 0 Å². The molecule has 0 spiro atoms. The maximum absolute atomic E-state index is 2.51. The molecule has 64 heavy (non-hydrogen) atoms. The van der Waals surface area contributed by atoms with E-state index < -0.39 is 0 Å². The van der Waals surface area contributed by atoms with Crippen molar-refractivity contribution in [2.24, 2.45) is 0 Å². The van der Waals surface area contributed by atoms with E-state index in [1.54, 1.807) is 0 Å². The summed E-state index contributed by atoms with van der Waals surface area (Å²) >= 11 is 0. The van der Waals surface area contributed by atoms with Crippen LogP contribution in [0.3, 0.4) is 0 Å². The molecule has 0 unspecified atom stereocenters. The SMILES string of the molecule is CC1(C)c2ccccc2-c2ccc(N(c3ccc(-c4ccccc4-c4ccccc4)cc3)c3cccc(-c4cc5ccccc5c5ccccc45)c3-c3cccc4ccccc34)cc21. The molecule has 1 aliphatic carbocycles. The lowest BCUT2D eigenvalue weighted by atomic mass is 9.82. The topological polar surface area (TPSA) is 3.24 Å². The van der Waals surface area contributed by atoms with Gasteiger partial charge in [0.15, 0.2) is 0 Å². The van der Waals surface area contributed by atoms with Crippen molar-refractivity contribution < 1.29 is 0 Å². The Morgan fingerprint density at radius 3 is 1.61 bits per heavy atom. The van der Waals surface area contributed by atoms with Crippen molar-refractivity contribution in [3.8, 4) is 55.6 Å². The van der Waals surface area contributed by atoms with Crippen molar-refractivity contribution in [3.05, 3.63) is 248 Å². The zero-order valence-corrected chi connectivity index (χ0v) is 36.0. The maximum atomic E-state index is 2.51. The summed E-state index contributed by atoms with van der Waals surface area (Å²) in [4.78, 5) is 2.51. The number of hydrogen-bond donors (Lipinski definition) is 0. The standard InChI is InChI=1S/C63H45N/c1-63(2)59-32-15-14-29-54(59)55-39-38-47(41-60(55)63)64(46-36-34-44(35-37-46)49-24-11-10-23-48(49)42-18-4-3-5-19-42)61-33-17-31-57(62(61)56-30-16-22-43-20-6-8-25-50(43)56)58-40-45-21-7-9-26-51(45)52-27-12-13-28-53(52)58/h3-41H,1-2H3. The Hall–Kier alpha value is -8.00. The summed E-state index contributed by atoms with van der Waals surface area (Å²) in [5.74, 6) is 0. The van der Waals surface area contributed by atoms with Gasteiger partial charge in [-0.3, -0.25) is 0 Å². The van der Waals surface area contributed by atoms with E-state index in [4.69, 9.17) is 0 Å². The molecular weight excluding hydrogens is 771 g/mol. The van der Waals surface area contributed by atoms with Crippen LogP contribution in [0.25, 0.3) is 88.0 Å². The van der Waals surface area contributed by atoms with Crippen molar-refractivity contribution in [3.63, 3.8) is 0 Å². The highest BCUT2D eigenvalue weighted by molar-refractivity contribution is 6.17. The zero-order chi connectivity index (χ0) is 42.8. The molecule has 0 saturated carbocycles. The average Bonchev–Trinajstić information content (AvgIpc) is 3.59. The molecule has 0 aliphatic heterocycles. The monoisotopic (exact) mass is 815 g/mol. The van der Waals surface area contributed by atoms with E-state index in [9.17, 15) is 0 Å². The summed E-state index contributed by atoms with van der Waals surface area (Å²) in [5, 5.41) is 7.44. The van der Waals surface area contributed by atoms with Crippen LogP contribution in [-0.4, -0.2) is 0 Å². The molecule has 0 aromatic heterocycles. The summed E-state index contributed by atoms with van der Waals surface area (Å²) in [6.45, 7) is 4.75. The Kier molecular flexibility index (Phi) is 8.91. The Morgan fingerprint density at radius 1 is 0.297 bits per heavy atom. The molecule has 1 nitrogen and oxygen atoms in total. The predicted molar refractivity (Wildman–Crippen MR) is 273 cm³/mol. The third kappa shape index (κ3) is 6.08. The van der Waals surface area contributed by atoms with Crippen LogP contribution >= 0.6 is 0 Å². The smallest absolute Gasteiger partial charge is 0.0546 e. The summed E-state index contributed by atoms with van der Waals surface area (Å²) in [5.41, 5.74) is 18.2. The molecule has 0 N–H and O–H groups in total. The first-order chi connectivity index (χ1) is 31.5. The van der Waals surface area contributed by atoms with Gasteiger partial charge in [-0.15, -0.1) is 0 Å². The second-order valence-electron chi connectivity index (χ2n) is 17.6.